The number of sulfonamides is 1. The highest BCUT2D eigenvalue weighted by Crippen LogP contribution is 2.24. The van der Waals surface area contributed by atoms with Crippen LogP contribution in [0, 0.1) is 0 Å². The second-order valence-electron chi connectivity index (χ2n) is 4.32. The molecule has 0 fully saturated rings. The smallest absolute Gasteiger partial charge is 0.215 e. The third-order valence-corrected chi connectivity index (χ3v) is 6.03. The number of rotatable bonds is 10. The van der Waals surface area contributed by atoms with E-state index in [4.69, 9.17) is 15.6 Å². The van der Waals surface area contributed by atoms with Crippen molar-refractivity contribution < 1.29 is 18.3 Å². The van der Waals surface area contributed by atoms with Crippen LogP contribution in [0.1, 0.15) is 0 Å². The Bertz CT molecular complexity index is 523. The maximum absolute atomic E-state index is 12.2. The Morgan fingerprint density at radius 1 is 1.33 bits per heavy atom. The summed E-state index contributed by atoms with van der Waals surface area (Å²) in [5.41, 5.74) is 6.46. The predicted octanol–water partition coefficient (Wildman–Crippen LogP) is 0.631. The first kappa shape index (κ1) is 18.2. The first-order valence-electron chi connectivity index (χ1n) is 6.56. The number of anilines is 1. The van der Waals surface area contributed by atoms with Crippen molar-refractivity contribution in [2.45, 2.75) is 4.90 Å². The van der Waals surface area contributed by atoms with Crippen LogP contribution in [0.5, 0.6) is 0 Å². The topological polar surface area (TPSA) is 92.9 Å². The number of benzene rings is 1. The Morgan fingerprint density at radius 3 is 2.67 bits per heavy atom. The summed E-state index contributed by atoms with van der Waals surface area (Å²) >= 11 is 1.41. The fourth-order valence-electron chi connectivity index (χ4n) is 1.69. The maximum Gasteiger partial charge on any atom is 0.215 e. The Labute approximate surface area is 130 Å². The zero-order valence-electron chi connectivity index (χ0n) is 12.1. The molecule has 0 aliphatic rings. The van der Waals surface area contributed by atoms with E-state index in [9.17, 15) is 8.42 Å². The third kappa shape index (κ3) is 6.23. The molecule has 0 amide bonds. The molecule has 0 aromatic heterocycles. The average molecular weight is 334 g/mol. The minimum absolute atomic E-state index is 0.00425. The molecule has 0 saturated carbocycles. The molecule has 1 aromatic rings. The number of hydrogen-bond acceptors (Lipinski definition) is 6. The average Bonchev–Trinajstić information content (AvgIpc) is 2.45. The standard InChI is InChI=1S/C13H22N2O4S2/c1-19-9-7-15(6-8-16)21(17,18)11-10-20-13-5-3-2-4-12(13)14/h2-5,16H,6-11,14H2,1H3. The van der Waals surface area contributed by atoms with Crippen LogP contribution in [0.25, 0.3) is 0 Å². The molecule has 3 N–H and O–H groups in total. The summed E-state index contributed by atoms with van der Waals surface area (Å²) in [7, 11) is -1.90. The van der Waals surface area contributed by atoms with Gasteiger partial charge in [0.05, 0.1) is 19.0 Å². The van der Waals surface area contributed by atoms with Crippen molar-refractivity contribution in [3.63, 3.8) is 0 Å². The second-order valence-corrected chi connectivity index (χ2v) is 7.54. The fraction of sp³-hybridized carbons (Fsp3) is 0.538. The van der Waals surface area contributed by atoms with Crippen LogP contribution in [0.2, 0.25) is 0 Å². The molecule has 1 aromatic carbocycles. The lowest BCUT2D eigenvalue weighted by Crippen LogP contribution is -2.38. The minimum atomic E-state index is -3.41. The van der Waals surface area contributed by atoms with Crippen LogP contribution < -0.4 is 5.73 Å². The van der Waals surface area contributed by atoms with Gasteiger partial charge >= 0.3 is 0 Å². The molecule has 0 atom stereocenters. The normalized spacial score (nSPS) is 12.0. The number of aliphatic hydroxyl groups excluding tert-OH is 1. The van der Waals surface area contributed by atoms with E-state index in [1.807, 2.05) is 18.2 Å². The molecule has 8 heteroatoms. The van der Waals surface area contributed by atoms with E-state index >= 15 is 0 Å². The summed E-state index contributed by atoms with van der Waals surface area (Å²) in [4.78, 5) is 0.873. The zero-order chi connectivity index (χ0) is 15.7. The van der Waals surface area contributed by atoms with Crippen molar-refractivity contribution in [2.24, 2.45) is 0 Å². The molecule has 0 spiro atoms. The summed E-state index contributed by atoms with van der Waals surface area (Å²) in [5.74, 6) is 0.404. The van der Waals surface area contributed by atoms with E-state index in [0.717, 1.165) is 4.90 Å². The quantitative estimate of drug-likeness (QED) is 0.482. The highest BCUT2D eigenvalue weighted by atomic mass is 32.2. The van der Waals surface area contributed by atoms with Gasteiger partial charge in [-0.25, -0.2) is 8.42 Å². The van der Waals surface area contributed by atoms with Crippen LogP contribution in [0.15, 0.2) is 29.2 Å². The Hall–Kier alpha value is -0.800. The molecule has 0 unspecified atom stereocenters. The van der Waals surface area contributed by atoms with Crippen LogP contribution in [0.4, 0.5) is 5.69 Å². The van der Waals surface area contributed by atoms with Gasteiger partial charge < -0.3 is 15.6 Å². The van der Waals surface area contributed by atoms with Gasteiger partial charge in [0.1, 0.15) is 0 Å². The lowest BCUT2D eigenvalue weighted by Gasteiger charge is -2.20. The van der Waals surface area contributed by atoms with Crippen LogP contribution in [-0.4, -0.2) is 62.7 Å². The molecule has 0 bridgehead atoms. The Balaban J connectivity index is 2.56. The number of nitrogens with two attached hydrogens (primary N) is 1. The number of thioether (sulfide) groups is 1. The van der Waals surface area contributed by atoms with Crippen molar-refractivity contribution in [1.29, 1.82) is 0 Å². The number of nitrogens with zero attached hydrogens (tertiary/aromatic N) is 1. The molecular weight excluding hydrogens is 312 g/mol. The summed E-state index contributed by atoms with van der Waals surface area (Å²) in [5, 5.41) is 8.97. The fourth-order valence-corrected chi connectivity index (χ4v) is 4.47. The molecule has 1 rings (SSSR count). The number of aliphatic hydroxyl groups is 1. The summed E-state index contributed by atoms with van der Waals surface area (Å²) in [6.45, 7) is 0.432. The van der Waals surface area contributed by atoms with Crippen molar-refractivity contribution >= 4 is 27.5 Å². The molecule has 0 radical (unpaired) electrons. The number of para-hydroxylation sites is 1. The molecule has 6 nitrogen and oxygen atoms in total. The minimum Gasteiger partial charge on any atom is -0.398 e. The molecule has 0 aliphatic carbocycles. The lowest BCUT2D eigenvalue weighted by atomic mass is 10.3. The SMILES string of the molecule is COCCN(CCO)S(=O)(=O)CCSc1ccccc1N. The number of nitrogen functional groups attached to an aromatic ring is 1. The summed E-state index contributed by atoms with van der Waals surface area (Å²) < 4.78 is 30.6. The van der Waals surface area contributed by atoms with Crippen molar-refractivity contribution in [1.82, 2.24) is 4.31 Å². The van der Waals surface area contributed by atoms with Gasteiger partial charge in [0.2, 0.25) is 10.0 Å². The monoisotopic (exact) mass is 334 g/mol. The molecular formula is C13H22N2O4S2. The summed E-state index contributed by atoms with van der Waals surface area (Å²) in [6.07, 6.45) is 0. The van der Waals surface area contributed by atoms with Gasteiger partial charge in [-0.1, -0.05) is 12.1 Å². The number of hydrogen-bond donors (Lipinski definition) is 2. The van der Waals surface area contributed by atoms with E-state index in [2.05, 4.69) is 0 Å². The van der Waals surface area contributed by atoms with E-state index < -0.39 is 10.0 Å². The van der Waals surface area contributed by atoms with Gasteiger partial charge in [0, 0.05) is 36.5 Å². The first-order valence-corrected chi connectivity index (χ1v) is 9.15. The van der Waals surface area contributed by atoms with E-state index in [-0.39, 0.29) is 25.4 Å². The molecule has 0 heterocycles. The zero-order valence-corrected chi connectivity index (χ0v) is 13.7. The van der Waals surface area contributed by atoms with Gasteiger partial charge in [-0.3, -0.25) is 0 Å². The predicted molar refractivity (Wildman–Crippen MR) is 85.9 cm³/mol. The second kappa shape index (κ2) is 9.26. The molecule has 120 valence electrons. The lowest BCUT2D eigenvalue weighted by molar-refractivity contribution is 0.169. The van der Waals surface area contributed by atoms with Crippen molar-refractivity contribution in [2.75, 3.05) is 50.7 Å². The van der Waals surface area contributed by atoms with Gasteiger partial charge in [-0.05, 0) is 12.1 Å². The Kier molecular flexibility index (Phi) is 8.05. The van der Waals surface area contributed by atoms with E-state index in [1.54, 1.807) is 6.07 Å². The summed E-state index contributed by atoms with van der Waals surface area (Å²) in [6, 6.07) is 7.35. The van der Waals surface area contributed by atoms with Gasteiger partial charge in [-0.15, -0.1) is 11.8 Å². The van der Waals surface area contributed by atoms with Crippen LogP contribution in [-0.2, 0) is 14.8 Å². The Morgan fingerprint density at radius 2 is 2.05 bits per heavy atom. The van der Waals surface area contributed by atoms with Crippen molar-refractivity contribution in [3.8, 4) is 0 Å². The number of ether oxygens (including phenoxy) is 1. The largest absolute Gasteiger partial charge is 0.398 e. The van der Waals surface area contributed by atoms with Gasteiger partial charge in [0.25, 0.3) is 0 Å². The highest BCUT2D eigenvalue weighted by molar-refractivity contribution is 8.00. The highest BCUT2D eigenvalue weighted by Gasteiger charge is 2.21. The number of methoxy groups -OCH3 is 1. The molecule has 21 heavy (non-hydrogen) atoms. The van der Waals surface area contributed by atoms with Crippen molar-refractivity contribution in [3.05, 3.63) is 24.3 Å². The van der Waals surface area contributed by atoms with E-state index in [0.29, 0.717) is 18.0 Å². The van der Waals surface area contributed by atoms with Crippen LogP contribution in [0.3, 0.4) is 0 Å². The third-order valence-electron chi connectivity index (χ3n) is 2.81. The first-order chi connectivity index (χ1) is 10.0. The van der Waals surface area contributed by atoms with E-state index in [1.165, 1.54) is 23.2 Å². The van der Waals surface area contributed by atoms with Gasteiger partial charge in [-0.2, -0.15) is 4.31 Å². The van der Waals surface area contributed by atoms with Gasteiger partial charge in [0.15, 0.2) is 0 Å². The maximum atomic E-state index is 12.2. The molecule has 0 saturated heterocycles. The molecule has 0 aliphatic heterocycles. The van der Waals surface area contributed by atoms with Crippen LogP contribution >= 0.6 is 11.8 Å².